The lowest BCUT2D eigenvalue weighted by Gasteiger charge is -2.41. The predicted molar refractivity (Wildman–Crippen MR) is 114 cm³/mol. The average molecular weight is 418 g/mol. The van der Waals surface area contributed by atoms with Crippen molar-refractivity contribution in [2.24, 2.45) is 5.73 Å². The molecule has 3 rings (SSSR count). The molecular weight excluding hydrogens is 385 g/mol. The van der Waals surface area contributed by atoms with Crippen molar-refractivity contribution >= 4 is 30.7 Å². The number of likely N-dealkylation sites (tertiary alicyclic amines) is 1. The van der Waals surface area contributed by atoms with Crippen LogP contribution in [0.15, 0.2) is 30.3 Å². The SMILES string of the molecule is CC1CC(N(C)C(=O)[C@@H]2CC[C@H](CN)O2)CCN1Cc1ccccc1.Cl.Cl. The number of hydrogen-bond acceptors (Lipinski definition) is 4. The summed E-state index contributed by atoms with van der Waals surface area (Å²) >= 11 is 0. The van der Waals surface area contributed by atoms with E-state index in [1.54, 1.807) is 0 Å². The van der Waals surface area contributed by atoms with Gasteiger partial charge >= 0.3 is 0 Å². The summed E-state index contributed by atoms with van der Waals surface area (Å²) in [6.07, 6.45) is 3.49. The molecule has 0 bridgehead atoms. The van der Waals surface area contributed by atoms with Gasteiger partial charge in [0.05, 0.1) is 6.10 Å². The maximum Gasteiger partial charge on any atom is 0.251 e. The number of carbonyl (C=O) groups is 1. The Morgan fingerprint density at radius 2 is 1.93 bits per heavy atom. The maximum absolute atomic E-state index is 12.7. The van der Waals surface area contributed by atoms with Gasteiger partial charge in [-0.2, -0.15) is 0 Å². The molecule has 7 heteroatoms. The molecule has 2 N–H and O–H groups in total. The zero-order valence-electron chi connectivity index (χ0n) is 16.3. The smallest absolute Gasteiger partial charge is 0.251 e. The zero-order chi connectivity index (χ0) is 17.8. The summed E-state index contributed by atoms with van der Waals surface area (Å²) in [6, 6.07) is 11.4. The highest BCUT2D eigenvalue weighted by atomic mass is 35.5. The summed E-state index contributed by atoms with van der Waals surface area (Å²) in [6.45, 7) is 4.78. The predicted octanol–water partition coefficient (Wildman–Crippen LogP) is 2.85. The van der Waals surface area contributed by atoms with E-state index in [4.69, 9.17) is 10.5 Å². The number of nitrogens with two attached hydrogens (primary N) is 1. The lowest BCUT2D eigenvalue weighted by molar-refractivity contribution is -0.144. The van der Waals surface area contributed by atoms with Crippen molar-refractivity contribution in [2.45, 2.75) is 63.4 Å². The first-order chi connectivity index (χ1) is 12.1. The Morgan fingerprint density at radius 3 is 2.52 bits per heavy atom. The van der Waals surface area contributed by atoms with Crippen molar-refractivity contribution in [1.29, 1.82) is 0 Å². The highest BCUT2D eigenvalue weighted by molar-refractivity contribution is 5.85. The lowest BCUT2D eigenvalue weighted by Crippen LogP contribution is -2.51. The van der Waals surface area contributed by atoms with Crippen LogP contribution in [0.2, 0.25) is 0 Å². The minimum Gasteiger partial charge on any atom is -0.364 e. The van der Waals surface area contributed by atoms with Gasteiger partial charge in [0.25, 0.3) is 5.91 Å². The second-order valence-corrected chi connectivity index (χ2v) is 7.49. The molecule has 2 heterocycles. The second-order valence-electron chi connectivity index (χ2n) is 7.49. The minimum atomic E-state index is -0.295. The standard InChI is InChI=1S/C20H31N3O2.2ClH/c1-15-12-17(10-11-23(15)14-16-6-4-3-5-7-16)22(2)20(24)19-9-8-18(13-21)25-19;;/h3-7,15,17-19H,8-14,21H2,1-2H3;2*1H/t15?,17?,18-,19+;;/m1../s1. The lowest BCUT2D eigenvalue weighted by atomic mass is 9.96. The van der Waals surface area contributed by atoms with E-state index in [0.717, 1.165) is 38.8 Å². The molecule has 2 aliphatic rings. The van der Waals surface area contributed by atoms with Crippen LogP contribution in [0.3, 0.4) is 0 Å². The fraction of sp³-hybridized carbons (Fsp3) is 0.650. The van der Waals surface area contributed by atoms with Crippen molar-refractivity contribution in [3.8, 4) is 0 Å². The Kier molecular flexibility index (Phi) is 10.1. The molecular formula is C20H33Cl2N3O2. The number of piperidine rings is 1. The van der Waals surface area contributed by atoms with Gasteiger partial charge in [-0.05, 0) is 38.2 Å². The Bertz CT molecular complexity index is 576. The number of halogens is 2. The van der Waals surface area contributed by atoms with Crippen LogP contribution in [0.1, 0.15) is 38.2 Å². The third-order valence-corrected chi connectivity index (χ3v) is 5.76. The van der Waals surface area contributed by atoms with Gasteiger partial charge in [-0.25, -0.2) is 0 Å². The Balaban J connectivity index is 0.00000182. The van der Waals surface area contributed by atoms with Gasteiger partial charge in [-0.15, -0.1) is 24.8 Å². The van der Waals surface area contributed by atoms with E-state index in [2.05, 4.69) is 42.2 Å². The van der Waals surface area contributed by atoms with Gasteiger partial charge in [0.2, 0.25) is 0 Å². The molecule has 2 unspecified atom stereocenters. The molecule has 1 aromatic carbocycles. The number of ether oxygens (including phenoxy) is 1. The van der Waals surface area contributed by atoms with Crippen LogP contribution >= 0.6 is 24.8 Å². The molecule has 5 nitrogen and oxygen atoms in total. The van der Waals surface area contributed by atoms with Crippen molar-refractivity contribution in [3.05, 3.63) is 35.9 Å². The highest BCUT2D eigenvalue weighted by Crippen LogP contribution is 2.26. The maximum atomic E-state index is 12.7. The van der Waals surface area contributed by atoms with Crippen molar-refractivity contribution in [3.63, 3.8) is 0 Å². The topological polar surface area (TPSA) is 58.8 Å². The van der Waals surface area contributed by atoms with Gasteiger partial charge in [0, 0.05) is 38.8 Å². The van der Waals surface area contributed by atoms with E-state index >= 15 is 0 Å². The van der Waals surface area contributed by atoms with E-state index in [1.165, 1.54) is 5.56 Å². The molecule has 154 valence electrons. The molecule has 27 heavy (non-hydrogen) atoms. The summed E-state index contributed by atoms with van der Waals surface area (Å²) in [5.74, 6) is 0.129. The number of nitrogens with zero attached hydrogens (tertiary/aromatic N) is 2. The Hall–Kier alpha value is -0.850. The van der Waals surface area contributed by atoms with Crippen LogP contribution in [-0.2, 0) is 16.1 Å². The molecule has 1 aromatic rings. The molecule has 0 saturated carbocycles. The van der Waals surface area contributed by atoms with Gasteiger partial charge in [-0.1, -0.05) is 30.3 Å². The van der Waals surface area contributed by atoms with Gasteiger partial charge in [0.1, 0.15) is 6.10 Å². The first-order valence-corrected chi connectivity index (χ1v) is 9.48. The summed E-state index contributed by atoms with van der Waals surface area (Å²) in [5.41, 5.74) is 7.01. The van der Waals surface area contributed by atoms with Crippen molar-refractivity contribution < 1.29 is 9.53 Å². The molecule has 0 spiro atoms. The molecule has 2 aliphatic heterocycles. The van der Waals surface area contributed by atoms with Gasteiger partial charge in [0.15, 0.2) is 0 Å². The van der Waals surface area contributed by atoms with Gasteiger partial charge < -0.3 is 15.4 Å². The number of amides is 1. The monoisotopic (exact) mass is 417 g/mol. The van der Waals surface area contributed by atoms with Crippen LogP contribution in [0, 0.1) is 0 Å². The fourth-order valence-electron chi connectivity index (χ4n) is 4.07. The largest absolute Gasteiger partial charge is 0.364 e. The van der Waals surface area contributed by atoms with Crippen LogP contribution in [0.25, 0.3) is 0 Å². The van der Waals surface area contributed by atoms with Gasteiger partial charge in [-0.3, -0.25) is 9.69 Å². The molecule has 0 aliphatic carbocycles. The normalized spacial score (nSPS) is 28.1. The number of benzene rings is 1. The van der Waals surface area contributed by atoms with Crippen LogP contribution in [0.5, 0.6) is 0 Å². The van der Waals surface area contributed by atoms with E-state index in [-0.39, 0.29) is 42.9 Å². The first kappa shape index (κ1) is 24.2. The highest BCUT2D eigenvalue weighted by Gasteiger charge is 2.36. The van der Waals surface area contributed by atoms with E-state index in [1.807, 2.05) is 11.9 Å². The summed E-state index contributed by atoms with van der Waals surface area (Å²) in [4.78, 5) is 17.2. The molecule has 0 aromatic heterocycles. The Morgan fingerprint density at radius 1 is 1.22 bits per heavy atom. The number of carbonyl (C=O) groups excluding carboxylic acids is 1. The van der Waals surface area contributed by atoms with E-state index < -0.39 is 0 Å². The van der Waals surface area contributed by atoms with E-state index in [0.29, 0.717) is 18.6 Å². The van der Waals surface area contributed by atoms with Crippen molar-refractivity contribution in [2.75, 3.05) is 20.1 Å². The third kappa shape index (κ3) is 6.06. The summed E-state index contributed by atoms with van der Waals surface area (Å²) < 4.78 is 5.78. The molecule has 2 fully saturated rings. The van der Waals surface area contributed by atoms with Crippen molar-refractivity contribution in [1.82, 2.24) is 9.80 Å². The average Bonchev–Trinajstić information content (AvgIpc) is 3.12. The van der Waals surface area contributed by atoms with Crippen LogP contribution in [-0.4, -0.2) is 60.1 Å². The second kappa shape index (κ2) is 11.2. The Labute approximate surface area is 175 Å². The molecule has 2 saturated heterocycles. The summed E-state index contributed by atoms with van der Waals surface area (Å²) in [7, 11) is 1.94. The quantitative estimate of drug-likeness (QED) is 0.799. The molecule has 1 amide bonds. The first-order valence-electron chi connectivity index (χ1n) is 9.48. The zero-order valence-corrected chi connectivity index (χ0v) is 17.9. The fourth-order valence-corrected chi connectivity index (χ4v) is 4.07. The number of hydrogen-bond donors (Lipinski definition) is 1. The molecule has 0 radical (unpaired) electrons. The molecule has 4 atom stereocenters. The van der Waals surface area contributed by atoms with Crippen LogP contribution in [0.4, 0.5) is 0 Å². The summed E-state index contributed by atoms with van der Waals surface area (Å²) in [5, 5.41) is 0. The van der Waals surface area contributed by atoms with E-state index in [9.17, 15) is 4.79 Å². The minimum absolute atomic E-state index is 0. The third-order valence-electron chi connectivity index (χ3n) is 5.76. The van der Waals surface area contributed by atoms with Crippen LogP contribution < -0.4 is 5.73 Å². The number of rotatable bonds is 5. The number of likely N-dealkylation sites (N-methyl/N-ethyl adjacent to an activating group) is 1.